The smallest absolute Gasteiger partial charge is 0.336 e. The van der Waals surface area contributed by atoms with Gasteiger partial charge in [-0.05, 0) is 135 Å². The van der Waals surface area contributed by atoms with Crippen molar-refractivity contribution in [2.45, 2.75) is 170 Å². The van der Waals surface area contributed by atoms with E-state index in [9.17, 15) is 45.3 Å². The summed E-state index contributed by atoms with van der Waals surface area (Å²) >= 11 is 0. The van der Waals surface area contributed by atoms with Crippen LogP contribution in [0.15, 0.2) is 89.1 Å². The van der Waals surface area contributed by atoms with E-state index in [4.69, 9.17) is 0 Å². The average Bonchev–Trinajstić information content (AvgIpc) is 3.23. The Labute approximate surface area is 377 Å². The molecule has 0 radical (unpaired) electrons. The maximum Gasteiger partial charge on any atom is 0.336 e. The summed E-state index contributed by atoms with van der Waals surface area (Å²) in [5.41, 5.74) is 7.23. The highest BCUT2D eigenvalue weighted by Crippen LogP contribution is 2.38. The van der Waals surface area contributed by atoms with Crippen LogP contribution >= 0.6 is 0 Å². The van der Waals surface area contributed by atoms with Crippen molar-refractivity contribution in [3.63, 3.8) is 0 Å². The zero-order valence-corrected chi connectivity index (χ0v) is 39.1. The van der Waals surface area contributed by atoms with Crippen molar-refractivity contribution in [2.24, 2.45) is 0 Å². The maximum atomic E-state index is 11.8. The minimum atomic E-state index is -1.16. The van der Waals surface area contributed by atoms with Crippen molar-refractivity contribution in [3.05, 3.63) is 128 Å². The number of carboxylic acid groups (broad SMARTS) is 2. The summed E-state index contributed by atoms with van der Waals surface area (Å²) in [6.07, 6.45) is 22.1. The second-order valence-electron chi connectivity index (χ2n) is 17.4. The number of carbonyl (C=O) groups is 2. The number of phenolic OH excluding ortho intramolecular Hbond substituents is 4. The number of phenols is 4. The van der Waals surface area contributed by atoms with Gasteiger partial charge in [0.1, 0.15) is 0 Å². The number of aromatic hydroxyl groups is 4. The minimum absolute atomic E-state index is 0.0320. The first-order valence-corrected chi connectivity index (χ1v) is 22.9. The van der Waals surface area contributed by atoms with Gasteiger partial charge in [-0.2, -0.15) is 0 Å². The van der Waals surface area contributed by atoms with Crippen molar-refractivity contribution in [3.8, 4) is 23.0 Å². The monoisotopic (exact) mass is 869 g/mol. The highest BCUT2D eigenvalue weighted by atomic mass is 16.4. The Bertz CT molecular complexity index is 2010. The third-order valence-electron chi connectivity index (χ3n) is 11.2. The molecule has 0 aliphatic carbocycles. The SMILES string of the molecule is CC(C)=CCC/C(C)=C/Cc1c(C(=O)O)cc(CCCCc2ccccc2)c(O)c1O.CCCCCCCCC(O)Cc1cc(C(=O)O)c(C/C=C(\C)CCC=C(C)C)c(O)c1O. The van der Waals surface area contributed by atoms with Crippen molar-refractivity contribution in [1.82, 2.24) is 0 Å². The summed E-state index contributed by atoms with van der Waals surface area (Å²) in [4.78, 5) is 23.7. The number of aromatic carboxylic acids is 2. The molecule has 0 heterocycles. The lowest BCUT2D eigenvalue weighted by Gasteiger charge is -2.16. The number of benzene rings is 3. The van der Waals surface area contributed by atoms with Gasteiger partial charge in [-0.1, -0.05) is 122 Å². The summed E-state index contributed by atoms with van der Waals surface area (Å²) < 4.78 is 0. The lowest BCUT2D eigenvalue weighted by atomic mass is 9.94. The number of carboxylic acids is 2. The average molecular weight is 869 g/mol. The van der Waals surface area contributed by atoms with E-state index < -0.39 is 23.8 Å². The van der Waals surface area contributed by atoms with Crippen LogP contribution in [0.1, 0.15) is 180 Å². The van der Waals surface area contributed by atoms with Crippen LogP contribution < -0.4 is 0 Å². The fourth-order valence-electron chi connectivity index (χ4n) is 7.38. The molecule has 1 atom stereocenters. The summed E-state index contributed by atoms with van der Waals surface area (Å²) in [6.45, 7) is 14.4. The Kier molecular flexibility index (Phi) is 24.9. The summed E-state index contributed by atoms with van der Waals surface area (Å²) in [5.74, 6) is -3.49. The molecule has 0 aromatic heterocycles. The predicted molar refractivity (Wildman–Crippen MR) is 257 cm³/mol. The zero-order chi connectivity index (χ0) is 46.9. The molecule has 0 aliphatic rings. The maximum absolute atomic E-state index is 11.8. The Morgan fingerprint density at radius 2 is 1.03 bits per heavy atom. The lowest BCUT2D eigenvalue weighted by molar-refractivity contribution is 0.0684. The molecule has 0 saturated heterocycles. The minimum Gasteiger partial charge on any atom is -0.504 e. The molecule has 0 amide bonds. The quantitative estimate of drug-likeness (QED) is 0.0235. The molecule has 0 aliphatic heterocycles. The number of aryl methyl sites for hydroxylation is 2. The van der Waals surface area contributed by atoms with Crippen molar-refractivity contribution < 1.29 is 45.3 Å². The van der Waals surface area contributed by atoms with Gasteiger partial charge in [0.05, 0.1) is 17.2 Å². The lowest BCUT2D eigenvalue weighted by Crippen LogP contribution is -2.12. The van der Waals surface area contributed by atoms with E-state index in [2.05, 4.69) is 45.1 Å². The first-order valence-electron chi connectivity index (χ1n) is 22.9. The van der Waals surface area contributed by atoms with Crippen LogP contribution in [-0.2, 0) is 32.1 Å². The van der Waals surface area contributed by atoms with E-state index >= 15 is 0 Å². The van der Waals surface area contributed by atoms with Gasteiger partial charge in [0.2, 0.25) is 0 Å². The third-order valence-corrected chi connectivity index (χ3v) is 11.2. The molecule has 0 fully saturated rings. The predicted octanol–water partition coefficient (Wildman–Crippen LogP) is 13.3. The molecule has 1 unspecified atom stereocenters. The highest BCUT2D eigenvalue weighted by Gasteiger charge is 2.23. The van der Waals surface area contributed by atoms with Crippen molar-refractivity contribution >= 4 is 11.9 Å². The van der Waals surface area contributed by atoms with E-state index in [0.717, 1.165) is 75.4 Å². The van der Waals surface area contributed by atoms with Gasteiger partial charge in [-0.15, -0.1) is 0 Å². The molecule has 3 aromatic carbocycles. The van der Waals surface area contributed by atoms with Crippen LogP contribution in [0.4, 0.5) is 0 Å². The second-order valence-corrected chi connectivity index (χ2v) is 17.4. The summed E-state index contributed by atoms with van der Waals surface area (Å²) in [5, 5.41) is 71.8. The van der Waals surface area contributed by atoms with Gasteiger partial charge in [0, 0.05) is 23.1 Å². The third kappa shape index (κ3) is 20.2. The van der Waals surface area contributed by atoms with Gasteiger partial charge in [0.25, 0.3) is 0 Å². The number of allylic oxidation sites excluding steroid dienone is 8. The van der Waals surface area contributed by atoms with Gasteiger partial charge >= 0.3 is 11.9 Å². The molecule has 346 valence electrons. The zero-order valence-electron chi connectivity index (χ0n) is 39.1. The molecule has 7 N–H and O–H groups in total. The van der Waals surface area contributed by atoms with Crippen LogP contribution in [0, 0.1) is 0 Å². The number of aliphatic hydroxyl groups excluding tert-OH is 1. The van der Waals surface area contributed by atoms with E-state index in [1.807, 2.05) is 58.0 Å². The number of rotatable bonds is 26. The standard InChI is InChI=1S/C27H42O5.C27H34O4/c1-5-6-7-8-9-10-14-22(28)17-21-18-24(27(31)32)23(26(30)25(21)29)16-15-20(4)13-11-12-19(2)3;1-19(2)10-9-11-20(3)16-17-23-24(27(30)31)18-22(25(28)26(23)29)15-8-7-14-21-12-5-4-6-13-21/h12,15,18,22,28-30H,5-11,13-14,16-17H2,1-4H3,(H,31,32);4-6,10,12-13,16,18,28-29H,7-9,11,14-15,17H2,1-3H3,(H,30,31)/b20-15+;20-16+. The van der Waals surface area contributed by atoms with Crippen molar-refractivity contribution in [1.29, 1.82) is 0 Å². The Hall–Kier alpha value is -5.28. The van der Waals surface area contributed by atoms with E-state index in [1.54, 1.807) is 0 Å². The molecular weight excluding hydrogens is 793 g/mol. The molecule has 3 rings (SSSR count). The number of hydrogen-bond donors (Lipinski definition) is 7. The fourth-order valence-corrected chi connectivity index (χ4v) is 7.38. The largest absolute Gasteiger partial charge is 0.504 e. The van der Waals surface area contributed by atoms with E-state index in [1.165, 1.54) is 48.1 Å². The first-order chi connectivity index (χ1) is 30.0. The van der Waals surface area contributed by atoms with Crippen molar-refractivity contribution in [2.75, 3.05) is 0 Å². The molecule has 63 heavy (non-hydrogen) atoms. The molecule has 0 saturated carbocycles. The normalized spacial score (nSPS) is 12.0. The molecular formula is C54H76O9. The Morgan fingerprint density at radius 3 is 1.52 bits per heavy atom. The second kappa shape index (κ2) is 29.2. The molecule has 0 spiro atoms. The van der Waals surface area contributed by atoms with Crippen LogP contribution in [0.2, 0.25) is 0 Å². The topological polar surface area (TPSA) is 176 Å². The van der Waals surface area contributed by atoms with Crippen LogP contribution in [-0.4, -0.2) is 53.8 Å². The molecule has 9 nitrogen and oxygen atoms in total. The highest BCUT2D eigenvalue weighted by molar-refractivity contribution is 5.92. The fraction of sp³-hybridized carbons (Fsp3) is 0.481. The summed E-state index contributed by atoms with van der Waals surface area (Å²) in [6, 6.07) is 13.1. The van der Waals surface area contributed by atoms with Crippen LogP contribution in [0.5, 0.6) is 23.0 Å². The first kappa shape index (κ1) is 53.9. The van der Waals surface area contributed by atoms with Gasteiger partial charge in [-0.3, -0.25) is 0 Å². The molecule has 9 heteroatoms. The Balaban J connectivity index is 0.000000434. The number of hydrogen-bond acceptors (Lipinski definition) is 7. The number of aliphatic hydroxyl groups is 1. The van der Waals surface area contributed by atoms with Crippen LogP contribution in [0.25, 0.3) is 0 Å². The van der Waals surface area contributed by atoms with Gasteiger partial charge < -0.3 is 35.7 Å². The molecule has 3 aromatic rings. The van der Waals surface area contributed by atoms with Gasteiger partial charge in [0.15, 0.2) is 23.0 Å². The molecule has 0 bridgehead atoms. The van der Waals surface area contributed by atoms with Crippen LogP contribution in [0.3, 0.4) is 0 Å². The number of unbranched alkanes of at least 4 members (excludes halogenated alkanes) is 6. The summed E-state index contributed by atoms with van der Waals surface area (Å²) in [7, 11) is 0. The van der Waals surface area contributed by atoms with E-state index in [-0.39, 0.29) is 64.3 Å². The Morgan fingerprint density at radius 1 is 0.571 bits per heavy atom. The van der Waals surface area contributed by atoms with E-state index in [0.29, 0.717) is 18.4 Å². The van der Waals surface area contributed by atoms with Gasteiger partial charge in [-0.25, -0.2) is 9.59 Å².